The normalized spacial score (nSPS) is 12.4. The zero-order valence-corrected chi connectivity index (χ0v) is 14.9. The van der Waals surface area contributed by atoms with Crippen LogP contribution in [0.15, 0.2) is 35.7 Å². The predicted molar refractivity (Wildman–Crippen MR) is 92.3 cm³/mol. The zero-order valence-electron chi connectivity index (χ0n) is 14.1. The standard InChI is InChI=1S/C15H19N5O4S/c1-15(2,3)24-14(21)18-12(8-25-13-16-9-17-19-13)10-5-4-6-11(7-10)20(22)23/h4-7,9,12H,8H2,1-3H3,(H,18,21)(H,16,17,19). The highest BCUT2D eigenvalue weighted by atomic mass is 32.2. The van der Waals surface area contributed by atoms with E-state index >= 15 is 0 Å². The second-order valence-corrected chi connectivity index (χ2v) is 7.16. The number of nitro benzene ring substituents is 1. The number of H-pyrrole nitrogens is 1. The molecule has 0 fully saturated rings. The number of alkyl carbamates (subject to hydrolysis) is 1. The minimum Gasteiger partial charge on any atom is -0.444 e. The minimum atomic E-state index is -0.643. The summed E-state index contributed by atoms with van der Waals surface area (Å²) in [7, 11) is 0. The molecule has 2 aromatic rings. The summed E-state index contributed by atoms with van der Waals surface area (Å²) >= 11 is 1.33. The molecule has 1 aromatic heterocycles. The summed E-state index contributed by atoms with van der Waals surface area (Å²) < 4.78 is 5.28. The van der Waals surface area contributed by atoms with Crippen molar-refractivity contribution in [1.82, 2.24) is 20.5 Å². The van der Waals surface area contributed by atoms with E-state index in [2.05, 4.69) is 20.5 Å². The van der Waals surface area contributed by atoms with Gasteiger partial charge in [-0.15, -0.1) is 0 Å². The number of non-ortho nitro benzene ring substituents is 1. The monoisotopic (exact) mass is 365 g/mol. The Morgan fingerprint density at radius 2 is 2.24 bits per heavy atom. The van der Waals surface area contributed by atoms with Crippen LogP contribution in [-0.2, 0) is 4.74 Å². The van der Waals surface area contributed by atoms with Crippen molar-refractivity contribution in [3.05, 3.63) is 46.3 Å². The van der Waals surface area contributed by atoms with Gasteiger partial charge in [-0.2, -0.15) is 5.10 Å². The van der Waals surface area contributed by atoms with Crippen LogP contribution in [0.4, 0.5) is 10.5 Å². The number of carbonyl (C=O) groups is 1. The smallest absolute Gasteiger partial charge is 0.408 e. The summed E-state index contributed by atoms with van der Waals surface area (Å²) in [6, 6.07) is 5.64. The largest absolute Gasteiger partial charge is 0.444 e. The maximum atomic E-state index is 12.1. The number of hydrogen-bond acceptors (Lipinski definition) is 7. The maximum absolute atomic E-state index is 12.1. The predicted octanol–water partition coefficient (Wildman–Crippen LogP) is 3.07. The lowest BCUT2D eigenvalue weighted by Crippen LogP contribution is -2.35. The van der Waals surface area contributed by atoms with Crippen LogP contribution in [0.3, 0.4) is 0 Å². The van der Waals surface area contributed by atoms with E-state index in [4.69, 9.17) is 4.74 Å². The number of hydrogen-bond donors (Lipinski definition) is 2. The van der Waals surface area contributed by atoms with Gasteiger partial charge in [0.05, 0.1) is 11.0 Å². The van der Waals surface area contributed by atoms with Crippen molar-refractivity contribution in [2.45, 2.75) is 37.6 Å². The fourth-order valence-corrected chi connectivity index (χ4v) is 2.79. The molecule has 1 amide bonds. The first-order valence-corrected chi connectivity index (χ1v) is 8.45. The van der Waals surface area contributed by atoms with Crippen LogP contribution in [-0.4, -0.2) is 37.6 Å². The molecule has 25 heavy (non-hydrogen) atoms. The maximum Gasteiger partial charge on any atom is 0.408 e. The Morgan fingerprint density at radius 3 is 2.84 bits per heavy atom. The van der Waals surface area contributed by atoms with Gasteiger partial charge in [0.15, 0.2) is 5.16 Å². The lowest BCUT2D eigenvalue weighted by molar-refractivity contribution is -0.384. The molecule has 0 aliphatic heterocycles. The Bertz CT molecular complexity index is 730. The van der Waals surface area contributed by atoms with Crippen molar-refractivity contribution in [1.29, 1.82) is 0 Å². The molecule has 0 aliphatic rings. The number of rotatable bonds is 6. The van der Waals surface area contributed by atoms with Gasteiger partial charge in [-0.1, -0.05) is 23.9 Å². The number of benzene rings is 1. The van der Waals surface area contributed by atoms with Gasteiger partial charge in [0.2, 0.25) is 0 Å². The molecule has 0 bridgehead atoms. The summed E-state index contributed by atoms with van der Waals surface area (Å²) in [6.07, 6.45) is 0.786. The molecule has 0 radical (unpaired) electrons. The van der Waals surface area contributed by atoms with Crippen LogP contribution in [0, 0.1) is 10.1 Å². The van der Waals surface area contributed by atoms with Crippen LogP contribution >= 0.6 is 11.8 Å². The molecular formula is C15H19N5O4S. The Balaban J connectivity index is 2.17. The molecule has 0 saturated heterocycles. The Hall–Kier alpha value is -2.62. The minimum absolute atomic E-state index is 0.0434. The molecular weight excluding hydrogens is 346 g/mol. The van der Waals surface area contributed by atoms with Crippen molar-refractivity contribution < 1.29 is 14.5 Å². The van der Waals surface area contributed by atoms with Gasteiger partial charge in [-0.05, 0) is 26.3 Å². The Kier molecular flexibility index (Phi) is 5.97. The second-order valence-electron chi connectivity index (χ2n) is 6.15. The number of carbonyl (C=O) groups excluding carboxylic acids is 1. The zero-order chi connectivity index (χ0) is 18.4. The molecule has 0 aliphatic carbocycles. The van der Waals surface area contributed by atoms with E-state index in [9.17, 15) is 14.9 Å². The number of aromatic amines is 1. The Labute approximate surface area is 148 Å². The average Bonchev–Trinajstić information content (AvgIpc) is 3.03. The first-order valence-electron chi connectivity index (χ1n) is 7.46. The van der Waals surface area contributed by atoms with E-state index in [1.54, 1.807) is 32.9 Å². The topological polar surface area (TPSA) is 123 Å². The van der Waals surface area contributed by atoms with Crippen molar-refractivity contribution >= 4 is 23.5 Å². The first kappa shape index (κ1) is 18.7. The third kappa shape index (κ3) is 6.07. The van der Waals surface area contributed by atoms with Crippen LogP contribution in [0.25, 0.3) is 0 Å². The van der Waals surface area contributed by atoms with Crippen LogP contribution < -0.4 is 5.32 Å². The Morgan fingerprint density at radius 1 is 1.48 bits per heavy atom. The molecule has 1 aromatic carbocycles. The quantitative estimate of drug-likeness (QED) is 0.458. The van der Waals surface area contributed by atoms with E-state index in [0.717, 1.165) is 0 Å². The first-order chi connectivity index (χ1) is 11.7. The highest BCUT2D eigenvalue weighted by Crippen LogP contribution is 2.25. The van der Waals surface area contributed by atoms with Crippen LogP contribution in [0.2, 0.25) is 0 Å². The highest BCUT2D eigenvalue weighted by molar-refractivity contribution is 7.99. The summed E-state index contributed by atoms with van der Waals surface area (Å²) in [5.41, 5.74) is -0.0831. The van der Waals surface area contributed by atoms with E-state index in [1.807, 2.05) is 0 Å². The summed E-state index contributed by atoms with van der Waals surface area (Å²) in [4.78, 5) is 26.6. The summed E-state index contributed by atoms with van der Waals surface area (Å²) in [5, 5.41) is 20.8. The molecule has 0 saturated carbocycles. The molecule has 1 atom stereocenters. The van der Waals surface area contributed by atoms with Crippen molar-refractivity contribution in [3.8, 4) is 0 Å². The third-order valence-electron chi connectivity index (χ3n) is 2.95. The van der Waals surface area contributed by atoms with E-state index < -0.39 is 22.7 Å². The third-order valence-corrected chi connectivity index (χ3v) is 3.92. The number of thioether (sulfide) groups is 1. The number of nitrogens with one attached hydrogen (secondary N) is 2. The molecule has 0 spiro atoms. The number of ether oxygens (including phenoxy) is 1. The lowest BCUT2D eigenvalue weighted by atomic mass is 10.1. The molecule has 9 nitrogen and oxygen atoms in total. The average molecular weight is 365 g/mol. The summed E-state index contributed by atoms with van der Waals surface area (Å²) in [6.45, 7) is 5.29. The molecule has 2 rings (SSSR count). The van der Waals surface area contributed by atoms with Gasteiger partial charge in [0.25, 0.3) is 5.69 Å². The molecule has 1 heterocycles. The van der Waals surface area contributed by atoms with Gasteiger partial charge >= 0.3 is 6.09 Å². The van der Waals surface area contributed by atoms with E-state index in [0.29, 0.717) is 16.5 Å². The van der Waals surface area contributed by atoms with Crippen molar-refractivity contribution in [3.63, 3.8) is 0 Å². The van der Waals surface area contributed by atoms with Gasteiger partial charge in [0, 0.05) is 17.9 Å². The van der Waals surface area contributed by atoms with Gasteiger partial charge in [-0.25, -0.2) is 9.78 Å². The number of aromatic nitrogens is 3. The number of nitrogens with zero attached hydrogens (tertiary/aromatic N) is 3. The van der Waals surface area contributed by atoms with Crippen LogP contribution in [0.1, 0.15) is 32.4 Å². The SMILES string of the molecule is CC(C)(C)OC(=O)NC(CSc1ncn[nH]1)c1cccc([N+](=O)[O-])c1. The van der Waals surface area contributed by atoms with Gasteiger partial charge in [0.1, 0.15) is 11.9 Å². The summed E-state index contributed by atoms with van der Waals surface area (Å²) in [5.74, 6) is 0.398. The number of nitro groups is 1. The van der Waals surface area contributed by atoms with E-state index in [-0.39, 0.29) is 5.69 Å². The van der Waals surface area contributed by atoms with Crippen LogP contribution in [0.5, 0.6) is 0 Å². The fourth-order valence-electron chi connectivity index (χ4n) is 1.95. The molecule has 134 valence electrons. The molecule has 1 unspecified atom stereocenters. The van der Waals surface area contributed by atoms with Crippen molar-refractivity contribution in [2.75, 3.05) is 5.75 Å². The fraction of sp³-hybridized carbons (Fsp3) is 0.400. The molecule has 10 heteroatoms. The van der Waals surface area contributed by atoms with E-state index in [1.165, 1.54) is 30.2 Å². The van der Waals surface area contributed by atoms with Gasteiger partial charge in [-0.3, -0.25) is 15.2 Å². The highest BCUT2D eigenvalue weighted by Gasteiger charge is 2.22. The van der Waals surface area contributed by atoms with Gasteiger partial charge < -0.3 is 10.1 Å². The lowest BCUT2D eigenvalue weighted by Gasteiger charge is -2.23. The molecule has 2 N–H and O–H groups in total. The number of amides is 1. The second kappa shape index (κ2) is 7.97. The van der Waals surface area contributed by atoms with Crippen molar-refractivity contribution in [2.24, 2.45) is 0 Å².